The molecule has 3 heterocycles. The Bertz CT molecular complexity index is 815. The zero-order valence-electron chi connectivity index (χ0n) is 17.9. The van der Waals surface area contributed by atoms with Gasteiger partial charge in [-0.1, -0.05) is 20.8 Å². The van der Waals surface area contributed by atoms with Crippen LogP contribution in [0.25, 0.3) is 0 Å². The van der Waals surface area contributed by atoms with Gasteiger partial charge in [0, 0.05) is 37.4 Å². The summed E-state index contributed by atoms with van der Waals surface area (Å²) in [6, 6.07) is 7.69. The number of hydrogen-bond acceptors (Lipinski definition) is 3. The Balaban J connectivity index is 1.67. The number of furan rings is 1. The molecule has 0 spiro atoms. The summed E-state index contributed by atoms with van der Waals surface area (Å²) < 4.78 is 7.96. The van der Waals surface area contributed by atoms with Crippen LogP contribution in [0.15, 0.2) is 34.9 Å². The minimum atomic E-state index is -0.0154. The Labute approximate surface area is 173 Å². The van der Waals surface area contributed by atoms with Crippen molar-refractivity contribution in [2.45, 2.75) is 59.5 Å². The highest BCUT2D eigenvalue weighted by atomic mass is 16.4. The molecule has 1 saturated heterocycles. The summed E-state index contributed by atoms with van der Waals surface area (Å²) >= 11 is 0. The van der Waals surface area contributed by atoms with Crippen molar-refractivity contribution in [3.05, 3.63) is 47.7 Å². The van der Waals surface area contributed by atoms with Crippen LogP contribution in [0.5, 0.6) is 0 Å². The normalized spacial score (nSPS) is 14.4. The number of rotatable bonds is 8. The third kappa shape index (κ3) is 5.31. The summed E-state index contributed by atoms with van der Waals surface area (Å²) in [6.45, 7) is 9.47. The molecular formula is C23H33N3O3. The predicted molar refractivity (Wildman–Crippen MR) is 113 cm³/mol. The zero-order valence-corrected chi connectivity index (χ0v) is 17.9. The van der Waals surface area contributed by atoms with Crippen LogP contribution >= 0.6 is 0 Å². The monoisotopic (exact) mass is 399 g/mol. The van der Waals surface area contributed by atoms with Crippen molar-refractivity contribution in [3.63, 3.8) is 0 Å². The fourth-order valence-electron chi connectivity index (χ4n) is 3.84. The third-order valence-corrected chi connectivity index (χ3v) is 5.42. The van der Waals surface area contributed by atoms with Crippen molar-refractivity contribution in [2.75, 3.05) is 19.6 Å². The molecule has 2 aromatic rings. The lowest BCUT2D eigenvalue weighted by atomic mass is 10.1. The van der Waals surface area contributed by atoms with Crippen molar-refractivity contribution in [2.24, 2.45) is 5.92 Å². The van der Waals surface area contributed by atoms with E-state index in [4.69, 9.17) is 4.42 Å². The van der Waals surface area contributed by atoms with Crippen LogP contribution in [-0.4, -0.2) is 45.8 Å². The average molecular weight is 400 g/mol. The Hall–Kier alpha value is -2.50. The van der Waals surface area contributed by atoms with Gasteiger partial charge in [-0.3, -0.25) is 9.59 Å². The summed E-state index contributed by atoms with van der Waals surface area (Å²) in [5, 5.41) is 0. The smallest absolute Gasteiger partial charge is 0.289 e. The average Bonchev–Trinajstić information content (AvgIpc) is 3.37. The molecule has 2 aromatic heterocycles. The minimum Gasteiger partial charge on any atom is -0.454 e. The Morgan fingerprint density at radius 3 is 2.59 bits per heavy atom. The number of carbonyl (C=O) groups excluding carboxylic acids is 2. The minimum absolute atomic E-state index is 0.0136. The van der Waals surface area contributed by atoms with E-state index in [9.17, 15) is 9.59 Å². The van der Waals surface area contributed by atoms with Crippen molar-refractivity contribution in [1.29, 1.82) is 0 Å². The van der Waals surface area contributed by atoms with E-state index in [1.54, 1.807) is 6.07 Å². The molecule has 6 nitrogen and oxygen atoms in total. The standard InChI is InChI=1S/C23H33N3O3/c1-4-12-26(22(27)18(2)3)16-19-9-8-15-25(19)17-20-10-11-21(29-20)23(28)24-13-6-5-7-14-24/h8-11,15,18H,4-7,12-14,16-17H2,1-3H3. The second-order valence-electron chi connectivity index (χ2n) is 8.16. The van der Waals surface area contributed by atoms with E-state index in [0.29, 0.717) is 18.8 Å². The maximum Gasteiger partial charge on any atom is 0.289 e. The maximum absolute atomic E-state index is 12.6. The van der Waals surface area contributed by atoms with E-state index in [-0.39, 0.29) is 17.7 Å². The predicted octanol–water partition coefficient (Wildman–Crippen LogP) is 4.15. The Morgan fingerprint density at radius 2 is 1.90 bits per heavy atom. The van der Waals surface area contributed by atoms with E-state index in [1.807, 2.05) is 48.0 Å². The first-order chi connectivity index (χ1) is 14.0. The summed E-state index contributed by atoms with van der Waals surface area (Å²) in [5.41, 5.74) is 1.06. The lowest BCUT2D eigenvalue weighted by molar-refractivity contribution is -0.135. The summed E-state index contributed by atoms with van der Waals surface area (Å²) in [5.74, 6) is 1.31. The molecule has 2 amide bonds. The molecule has 0 N–H and O–H groups in total. The lowest BCUT2D eigenvalue weighted by Gasteiger charge is -2.25. The first-order valence-electron chi connectivity index (χ1n) is 10.8. The van der Waals surface area contributed by atoms with Crippen molar-refractivity contribution in [1.82, 2.24) is 14.4 Å². The van der Waals surface area contributed by atoms with Gasteiger partial charge in [0.15, 0.2) is 5.76 Å². The number of carbonyl (C=O) groups is 2. The SMILES string of the molecule is CCCN(Cc1cccn1Cc1ccc(C(=O)N2CCCCC2)o1)C(=O)C(C)C. The molecule has 1 aliphatic heterocycles. The highest BCUT2D eigenvalue weighted by molar-refractivity contribution is 5.91. The van der Waals surface area contributed by atoms with Crippen LogP contribution in [0.2, 0.25) is 0 Å². The van der Waals surface area contributed by atoms with Gasteiger partial charge in [0.2, 0.25) is 5.91 Å². The van der Waals surface area contributed by atoms with Crippen LogP contribution in [-0.2, 0) is 17.9 Å². The highest BCUT2D eigenvalue weighted by Crippen LogP contribution is 2.18. The van der Waals surface area contributed by atoms with E-state index < -0.39 is 0 Å². The topological polar surface area (TPSA) is 58.7 Å². The van der Waals surface area contributed by atoms with Gasteiger partial charge in [0.1, 0.15) is 5.76 Å². The lowest BCUT2D eigenvalue weighted by Crippen LogP contribution is -2.35. The Morgan fingerprint density at radius 1 is 1.14 bits per heavy atom. The van der Waals surface area contributed by atoms with Crippen molar-refractivity contribution < 1.29 is 14.0 Å². The molecule has 3 rings (SSSR count). The summed E-state index contributed by atoms with van der Waals surface area (Å²) in [6.07, 6.45) is 6.25. The number of piperidine rings is 1. The molecular weight excluding hydrogens is 366 g/mol. The first-order valence-corrected chi connectivity index (χ1v) is 10.8. The van der Waals surface area contributed by atoms with Crippen molar-refractivity contribution in [3.8, 4) is 0 Å². The second-order valence-corrected chi connectivity index (χ2v) is 8.16. The van der Waals surface area contributed by atoms with Gasteiger partial charge in [-0.25, -0.2) is 0 Å². The number of hydrogen-bond donors (Lipinski definition) is 0. The van der Waals surface area contributed by atoms with E-state index in [0.717, 1.165) is 50.4 Å². The van der Waals surface area contributed by atoms with Gasteiger partial charge in [0.25, 0.3) is 5.91 Å². The largest absolute Gasteiger partial charge is 0.454 e. The molecule has 0 bridgehead atoms. The molecule has 0 saturated carbocycles. The number of nitrogens with zero attached hydrogens (tertiary/aromatic N) is 3. The van der Waals surface area contributed by atoms with Crippen LogP contribution in [0, 0.1) is 5.92 Å². The summed E-state index contributed by atoms with van der Waals surface area (Å²) in [4.78, 5) is 28.9. The molecule has 29 heavy (non-hydrogen) atoms. The van der Waals surface area contributed by atoms with E-state index >= 15 is 0 Å². The molecule has 0 unspecified atom stereocenters. The number of aromatic nitrogens is 1. The van der Waals surface area contributed by atoms with Crippen molar-refractivity contribution >= 4 is 11.8 Å². The van der Waals surface area contributed by atoms with Crippen LogP contribution in [0.4, 0.5) is 0 Å². The van der Waals surface area contributed by atoms with Crippen LogP contribution in [0.1, 0.15) is 68.5 Å². The van der Waals surface area contributed by atoms with Gasteiger partial charge in [0.05, 0.1) is 13.1 Å². The fourth-order valence-corrected chi connectivity index (χ4v) is 3.84. The molecule has 0 radical (unpaired) electrons. The second kappa shape index (κ2) is 9.81. The quantitative estimate of drug-likeness (QED) is 0.670. The van der Waals surface area contributed by atoms with Gasteiger partial charge in [-0.2, -0.15) is 0 Å². The molecule has 0 aliphatic carbocycles. The van der Waals surface area contributed by atoms with E-state index in [2.05, 4.69) is 11.5 Å². The zero-order chi connectivity index (χ0) is 20.8. The molecule has 0 atom stereocenters. The Kier molecular flexibility index (Phi) is 7.18. The number of amides is 2. The van der Waals surface area contributed by atoms with Gasteiger partial charge < -0.3 is 18.8 Å². The molecule has 1 aliphatic rings. The van der Waals surface area contributed by atoms with E-state index in [1.165, 1.54) is 6.42 Å². The van der Waals surface area contributed by atoms with Gasteiger partial charge >= 0.3 is 0 Å². The highest BCUT2D eigenvalue weighted by Gasteiger charge is 2.22. The summed E-state index contributed by atoms with van der Waals surface area (Å²) in [7, 11) is 0. The molecule has 0 aromatic carbocycles. The van der Waals surface area contributed by atoms with Crippen LogP contribution < -0.4 is 0 Å². The number of likely N-dealkylation sites (tertiary alicyclic amines) is 1. The molecule has 1 fully saturated rings. The molecule has 158 valence electrons. The third-order valence-electron chi connectivity index (χ3n) is 5.42. The van der Waals surface area contributed by atoms with Gasteiger partial charge in [-0.05, 0) is 49.9 Å². The maximum atomic E-state index is 12.6. The van der Waals surface area contributed by atoms with Gasteiger partial charge in [-0.15, -0.1) is 0 Å². The fraction of sp³-hybridized carbons (Fsp3) is 0.565. The first kappa shape index (κ1) is 21.2. The van der Waals surface area contributed by atoms with Crippen LogP contribution in [0.3, 0.4) is 0 Å². The molecule has 6 heteroatoms.